The first-order valence-corrected chi connectivity index (χ1v) is 7.80. The largest absolute Gasteiger partial charge is 0.378 e. The summed E-state index contributed by atoms with van der Waals surface area (Å²) in [7, 11) is 0. The van der Waals surface area contributed by atoms with Crippen molar-refractivity contribution in [3.8, 4) is 5.82 Å². The van der Waals surface area contributed by atoms with Gasteiger partial charge in [-0.25, -0.2) is 4.98 Å². The first-order valence-electron chi connectivity index (χ1n) is 7.80. The van der Waals surface area contributed by atoms with Gasteiger partial charge in [-0.2, -0.15) is 0 Å². The van der Waals surface area contributed by atoms with Crippen molar-refractivity contribution in [3.05, 3.63) is 52.6 Å². The molecule has 1 aliphatic heterocycles. The van der Waals surface area contributed by atoms with Crippen LogP contribution in [0.25, 0.3) is 5.82 Å². The van der Waals surface area contributed by atoms with Crippen LogP contribution in [0.3, 0.4) is 0 Å². The van der Waals surface area contributed by atoms with Crippen molar-refractivity contribution >= 4 is 11.6 Å². The molecule has 1 amide bonds. The lowest BCUT2D eigenvalue weighted by molar-refractivity contribution is 0.0651. The van der Waals surface area contributed by atoms with E-state index < -0.39 is 0 Å². The molecule has 6 nitrogen and oxygen atoms in total. The summed E-state index contributed by atoms with van der Waals surface area (Å²) < 4.78 is 1.47. The number of pyridine rings is 2. The predicted molar refractivity (Wildman–Crippen MR) is 89.1 cm³/mol. The van der Waals surface area contributed by atoms with Crippen molar-refractivity contribution < 1.29 is 4.79 Å². The highest BCUT2D eigenvalue weighted by molar-refractivity contribution is 5.94. The summed E-state index contributed by atoms with van der Waals surface area (Å²) in [4.78, 5) is 30.7. The minimum atomic E-state index is -0.157. The third kappa shape index (κ3) is 3.11. The quantitative estimate of drug-likeness (QED) is 0.936. The van der Waals surface area contributed by atoms with Gasteiger partial charge >= 0.3 is 0 Å². The number of aromatic nitrogens is 2. The molecule has 3 rings (SSSR count). The molecule has 0 aliphatic carbocycles. The van der Waals surface area contributed by atoms with E-state index in [0.717, 1.165) is 19.5 Å². The molecule has 120 valence electrons. The lowest BCUT2D eigenvalue weighted by atomic mass is 10.1. The Morgan fingerprint density at radius 3 is 2.61 bits per heavy atom. The normalized spacial score (nSPS) is 13.8. The van der Waals surface area contributed by atoms with Gasteiger partial charge < -0.3 is 10.2 Å². The standard InChI is InChI=1S/C17H20N4O2/c1-12(2)19-14-5-3-10-21(17(14)23)15-7-6-13(11-18-15)16(22)20-8-4-9-20/h3,5-7,10-12,19H,4,8-9H2,1-2H3. The fraction of sp³-hybridized carbons (Fsp3) is 0.353. The first-order chi connectivity index (χ1) is 11.1. The summed E-state index contributed by atoms with van der Waals surface area (Å²) in [6.45, 7) is 5.57. The van der Waals surface area contributed by atoms with Crippen LogP contribution in [0.4, 0.5) is 5.69 Å². The average Bonchev–Trinajstić information content (AvgIpc) is 2.47. The van der Waals surface area contributed by atoms with Crippen LogP contribution in [0.5, 0.6) is 0 Å². The highest BCUT2D eigenvalue weighted by Gasteiger charge is 2.21. The number of anilines is 1. The minimum absolute atomic E-state index is 0.00197. The predicted octanol–water partition coefficient (Wildman–Crippen LogP) is 1.90. The van der Waals surface area contributed by atoms with E-state index in [-0.39, 0.29) is 17.5 Å². The van der Waals surface area contributed by atoms with Crippen molar-refractivity contribution in [2.24, 2.45) is 0 Å². The van der Waals surface area contributed by atoms with Crippen LogP contribution in [0, 0.1) is 0 Å². The fourth-order valence-corrected chi connectivity index (χ4v) is 2.45. The minimum Gasteiger partial charge on any atom is -0.378 e. The second-order valence-corrected chi connectivity index (χ2v) is 5.95. The van der Waals surface area contributed by atoms with Crippen LogP contribution in [0.15, 0.2) is 41.5 Å². The van der Waals surface area contributed by atoms with Gasteiger partial charge in [-0.1, -0.05) is 0 Å². The van der Waals surface area contributed by atoms with Gasteiger partial charge in [0.2, 0.25) is 0 Å². The number of nitrogens with one attached hydrogen (secondary N) is 1. The maximum atomic E-state index is 12.5. The van der Waals surface area contributed by atoms with Crippen LogP contribution in [-0.4, -0.2) is 39.5 Å². The molecular weight excluding hydrogens is 292 g/mol. The van der Waals surface area contributed by atoms with E-state index in [1.54, 1.807) is 35.4 Å². The van der Waals surface area contributed by atoms with Gasteiger partial charge in [-0.15, -0.1) is 0 Å². The number of amides is 1. The Kier molecular flexibility index (Phi) is 4.14. The molecule has 2 aromatic heterocycles. The highest BCUT2D eigenvalue weighted by Crippen LogP contribution is 2.13. The number of carbonyl (C=O) groups excluding carboxylic acids is 1. The molecule has 1 aliphatic rings. The molecule has 0 radical (unpaired) electrons. The first kappa shape index (κ1) is 15.3. The molecule has 6 heteroatoms. The molecular formula is C17H20N4O2. The zero-order valence-corrected chi connectivity index (χ0v) is 13.3. The summed E-state index contributed by atoms with van der Waals surface area (Å²) in [5, 5.41) is 3.12. The fourth-order valence-electron chi connectivity index (χ4n) is 2.45. The summed E-state index contributed by atoms with van der Waals surface area (Å²) in [5.74, 6) is 0.500. The van der Waals surface area contributed by atoms with E-state index in [1.807, 2.05) is 13.8 Å². The summed E-state index contributed by atoms with van der Waals surface area (Å²) >= 11 is 0. The Morgan fingerprint density at radius 1 is 1.26 bits per heavy atom. The van der Waals surface area contributed by atoms with Crippen molar-refractivity contribution in [3.63, 3.8) is 0 Å². The van der Waals surface area contributed by atoms with Crippen LogP contribution in [0.2, 0.25) is 0 Å². The van der Waals surface area contributed by atoms with Crippen molar-refractivity contribution in [2.75, 3.05) is 18.4 Å². The second kappa shape index (κ2) is 6.24. The summed E-state index contributed by atoms with van der Waals surface area (Å²) in [6, 6.07) is 7.14. The molecule has 1 fully saturated rings. The molecule has 0 saturated carbocycles. The van der Waals surface area contributed by atoms with E-state index in [4.69, 9.17) is 0 Å². The molecule has 0 atom stereocenters. The van der Waals surface area contributed by atoms with Gasteiger partial charge in [0.1, 0.15) is 11.5 Å². The van der Waals surface area contributed by atoms with Gasteiger partial charge in [0, 0.05) is 31.5 Å². The zero-order chi connectivity index (χ0) is 16.4. The molecule has 0 aromatic carbocycles. The lowest BCUT2D eigenvalue weighted by Gasteiger charge is -2.30. The molecule has 0 spiro atoms. The Bertz CT molecular complexity index is 761. The molecule has 1 saturated heterocycles. The zero-order valence-electron chi connectivity index (χ0n) is 13.3. The second-order valence-electron chi connectivity index (χ2n) is 5.95. The maximum Gasteiger partial charge on any atom is 0.279 e. The van der Waals surface area contributed by atoms with Gasteiger partial charge in [0.05, 0.1) is 5.56 Å². The number of hydrogen-bond donors (Lipinski definition) is 1. The van der Waals surface area contributed by atoms with Crippen molar-refractivity contribution in [1.29, 1.82) is 0 Å². The SMILES string of the molecule is CC(C)Nc1cccn(-c2ccc(C(=O)N3CCC3)cn2)c1=O. The summed E-state index contributed by atoms with van der Waals surface area (Å²) in [5.41, 5.74) is 0.929. The molecule has 1 N–H and O–H groups in total. The van der Waals surface area contributed by atoms with E-state index in [1.165, 1.54) is 10.8 Å². The monoisotopic (exact) mass is 312 g/mol. The Hall–Kier alpha value is -2.63. The number of carbonyl (C=O) groups is 1. The van der Waals surface area contributed by atoms with Crippen LogP contribution >= 0.6 is 0 Å². The highest BCUT2D eigenvalue weighted by atomic mass is 16.2. The number of rotatable bonds is 4. The average molecular weight is 312 g/mol. The topological polar surface area (TPSA) is 67.2 Å². The smallest absolute Gasteiger partial charge is 0.279 e. The molecule has 2 aromatic rings. The number of nitrogens with zero attached hydrogens (tertiary/aromatic N) is 3. The number of likely N-dealkylation sites (tertiary alicyclic amines) is 1. The van der Waals surface area contributed by atoms with E-state index in [0.29, 0.717) is 17.1 Å². The van der Waals surface area contributed by atoms with Crippen LogP contribution in [0.1, 0.15) is 30.6 Å². The Morgan fingerprint density at radius 2 is 2.04 bits per heavy atom. The van der Waals surface area contributed by atoms with Gasteiger partial charge in [-0.3, -0.25) is 14.2 Å². The van der Waals surface area contributed by atoms with E-state index in [2.05, 4.69) is 10.3 Å². The molecule has 23 heavy (non-hydrogen) atoms. The van der Waals surface area contributed by atoms with Crippen molar-refractivity contribution in [2.45, 2.75) is 26.3 Å². The van der Waals surface area contributed by atoms with E-state index >= 15 is 0 Å². The third-order valence-electron chi connectivity index (χ3n) is 3.78. The Labute approximate surface area is 134 Å². The van der Waals surface area contributed by atoms with Gasteiger partial charge in [-0.05, 0) is 44.5 Å². The molecule has 0 unspecified atom stereocenters. The summed E-state index contributed by atoms with van der Waals surface area (Å²) in [6.07, 6.45) is 4.26. The van der Waals surface area contributed by atoms with Gasteiger partial charge in [0.25, 0.3) is 11.5 Å². The molecule has 3 heterocycles. The number of hydrogen-bond acceptors (Lipinski definition) is 4. The Balaban J connectivity index is 1.87. The van der Waals surface area contributed by atoms with Crippen molar-refractivity contribution in [1.82, 2.24) is 14.5 Å². The lowest BCUT2D eigenvalue weighted by Crippen LogP contribution is -2.42. The maximum absolute atomic E-state index is 12.5. The van der Waals surface area contributed by atoms with Gasteiger partial charge in [0.15, 0.2) is 0 Å². The van der Waals surface area contributed by atoms with Crippen LogP contribution in [-0.2, 0) is 0 Å². The van der Waals surface area contributed by atoms with E-state index in [9.17, 15) is 9.59 Å². The van der Waals surface area contributed by atoms with Crippen LogP contribution < -0.4 is 10.9 Å². The molecule has 0 bridgehead atoms. The third-order valence-corrected chi connectivity index (χ3v) is 3.78.